The number of nitrogens with zero attached hydrogens (tertiary/aromatic N) is 4. The molecule has 1 unspecified atom stereocenters. The molecule has 0 radical (unpaired) electrons. The van der Waals surface area contributed by atoms with Gasteiger partial charge in [-0.2, -0.15) is 15.0 Å². The van der Waals surface area contributed by atoms with Gasteiger partial charge in [0.05, 0.1) is 0 Å². The Kier molecular flexibility index (Phi) is 4.94. The molecule has 1 aromatic heterocycles. The monoisotopic (exact) mass is 298 g/mol. The van der Waals surface area contributed by atoms with Crippen LogP contribution in [0.5, 0.6) is 0 Å². The number of aromatic nitrogens is 3. The van der Waals surface area contributed by atoms with Crippen molar-refractivity contribution in [1.29, 1.82) is 0 Å². The van der Waals surface area contributed by atoms with Crippen LogP contribution in [-0.4, -0.2) is 46.5 Å². The first kappa shape index (κ1) is 14.8. The van der Waals surface area contributed by atoms with Crippen molar-refractivity contribution in [2.75, 3.05) is 29.9 Å². The molecular weight excluding hydrogens is 280 g/mol. The maximum atomic E-state index is 11.7. The number of anilines is 2. The lowest BCUT2D eigenvalue weighted by atomic mass is 10.3. The molecule has 0 aliphatic carbocycles. The molecule has 1 aromatic rings. The van der Waals surface area contributed by atoms with Gasteiger partial charge in [-0.1, -0.05) is 0 Å². The van der Waals surface area contributed by atoms with E-state index in [1.807, 2.05) is 6.92 Å². The smallest absolute Gasteiger partial charge is 0.242 e. The summed E-state index contributed by atoms with van der Waals surface area (Å²) in [5.74, 6) is 0.783. The molecule has 0 aromatic carbocycles. The SMILES string of the molecule is CCNC(=O)C(C)Nc1nc(Cl)nc(N2CCCC2)n1. The zero-order valence-electron chi connectivity index (χ0n) is 11.7. The summed E-state index contributed by atoms with van der Waals surface area (Å²) >= 11 is 5.92. The van der Waals surface area contributed by atoms with Crippen molar-refractivity contribution in [2.45, 2.75) is 32.7 Å². The standard InChI is InChI=1S/C12H19ClN6O/c1-3-14-9(20)8(2)15-11-16-10(13)17-12(18-11)19-6-4-5-7-19/h8H,3-7H2,1-2H3,(H,14,20)(H,15,16,17,18). The third-order valence-corrected chi connectivity index (χ3v) is 3.24. The number of amides is 1. The van der Waals surface area contributed by atoms with Crippen molar-refractivity contribution in [3.8, 4) is 0 Å². The van der Waals surface area contributed by atoms with E-state index in [9.17, 15) is 4.79 Å². The molecule has 20 heavy (non-hydrogen) atoms. The second-order valence-corrected chi connectivity index (χ2v) is 5.02. The molecule has 1 amide bonds. The number of halogens is 1. The predicted molar refractivity (Wildman–Crippen MR) is 78.1 cm³/mol. The highest BCUT2D eigenvalue weighted by atomic mass is 35.5. The fraction of sp³-hybridized carbons (Fsp3) is 0.667. The van der Waals surface area contributed by atoms with Gasteiger partial charge in [-0.25, -0.2) is 0 Å². The molecule has 2 rings (SSSR count). The molecule has 0 saturated carbocycles. The molecule has 1 fully saturated rings. The van der Waals surface area contributed by atoms with Crippen molar-refractivity contribution in [1.82, 2.24) is 20.3 Å². The number of carbonyl (C=O) groups is 1. The maximum absolute atomic E-state index is 11.7. The van der Waals surface area contributed by atoms with E-state index in [4.69, 9.17) is 11.6 Å². The lowest BCUT2D eigenvalue weighted by Crippen LogP contribution is -2.38. The van der Waals surface area contributed by atoms with Crippen molar-refractivity contribution >= 4 is 29.4 Å². The van der Waals surface area contributed by atoms with E-state index in [2.05, 4.69) is 30.5 Å². The number of carbonyl (C=O) groups excluding carboxylic acids is 1. The number of hydrogen-bond donors (Lipinski definition) is 2. The molecule has 1 aliphatic rings. The summed E-state index contributed by atoms with van der Waals surface area (Å²) in [6.45, 7) is 6.05. The Hall–Kier alpha value is -1.63. The Balaban J connectivity index is 2.09. The van der Waals surface area contributed by atoms with Crippen molar-refractivity contribution < 1.29 is 4.79 Å². The first-order valence-corrected chi connectivity index (χ1v) is 7.18. The van der Waals surface area contributed by atoms with Crippen molar-refractivity contribution in [2.24, 2.45) is 0 Å². The Labute approximate surface area is 123 Å². The van der Waals surface area contributed by atoms with Crippen molar-refractivity contribution in [3.05, 3.63) is 5.28 Å². The van der Waals surface area contributed by atoms with Crippen LogP contribution in [0.4, 0.5) is 11.9 Å². The molecule has 2 heterocycles. The van der Waals surface area contributed by atoms with Gasteiger partial charge in [0.2, 0.25) is 23.1 Å². The molecule has 1 aliphatic heterocycles. The highest BCUT2D eigenvalue weighted by Crippen LogP contribution is 2.18. The van der Waals surface area contributed by atoms with Crippen LogP contribution in [0, 0.1) is 0 Å². The van der Waals surface area contributed by atoms with E-state index in [1.54, 1.807) is 6.92 Å². The summed E-state index contributed by atoms with van der Waals surface area (Å²) in [6.07, 6.45) is 2.25. The zero-order valence-corrected chi connectivity index (χ0v) is 12.4. The van der Waals surface area contributed by atoms with Gasteiger partial charge >= 0.3 is 0 Å². The average Bonchev–Trinajstić information content (AvgIpc) is 2.92. The van der Waals surface area contributed by atoms with Gasteiger partial charge in [-0.15, -0.1) is 0 Å². The van der Waals surface area contributed by atoms with Crippen LogP contribution in [0.3, 0.4) is 0 Å². The van der Waals surface area contributed by atoms with E-state index >= 15 is 0 Å². The minimum Gasteiger partial charge on any atom is -0.355 e. The highest BCUT2D eigenvalue weighted by Gasteiger charge is 2.18. The minimum atomic E-state index is -0.431. The Morgan fingerprint density at radius 3 is 2.70 bits per heavy atom. The molecule has 110 valence electrons. The van der Waals surface area contributed by atoms with E-state index < -0.39 is 6.04 Å². The number of likely N-dealkylation sites (N-methyl/N-ethyl adjacent to an activating group) is 1. The maximum Gasteiger partial charge on any atom is 0.242 e. The Morgan fingerprint density at radius 1 is 1.35 bits per heavy atom. The normalized spacial score (nSPS) is 16.1. The summed E-state index contributed by atoms with van der Waals surface area (Å²) in [7, 11) is 0. The van der Waals surface area contributed by atoms with E-state index in [-0.39, 0.29) is 11.2 Å². The lowest BCUT2D eigenvalue weighted by molar-refractivity contribution is -0.121. The summed E-state index contributed by atoms with van der Waals surface area (Å²) in [5, 5.41) is 5.81. The minimum absolute atomic E-state index is 0.105. The van der Waals surface area contributed by atoms with E-state index in [0.717, 1.165) is 25.9 Å². The van der Waals surface area contributed by atoms with Crippen molar-refractivity contribution in [3.63, 3.8) is 0 Å². The van der Waals surface area contributed by atoms with Crippen LogP contribution in [0.15, 0.2) is 0 Å². The molecular formula is C12H19ClN6O. The summed E-state index contributed by atoms with van der Waals surface area (Å²) in [5.41, 5.74) is 0. The van der Waals surface area contributed by atoms with Gasteiger partial charge in [0.25, 0.3) is 0 Å². The third kappa shape index (κ3) is 3.69. The van der Waals surface area contributed by atoms with Gasteiger partial charge in [-0.3, -0.25) is 4.79 Å². The topological polar surface area (TPSA) is 83.0 Å². The Morgan fingerprint density at radius 2 is 2.05 bits per heavy atom. The number of nitrogens with one attached hydrogen (secondary N) is 2. The second kappa shape index (κ2) is 6.69. The molecule has 7 nitrogen and oxygen atoms in total. The first-order valence-electron chi connectivity index (χ1n) is 6.81. The lowest BCUT2D eigenvalue weighted by Gasteiger charge is -2.17. The fourth-order valence-electron chi connectivity index (χ4n) is 2.05. The van der Waals surface area contributed by atoms with Gasteiger partial charge < -0.3 is 15.5 Å². The van der Waals surface area contributed by atoms with Crippen LogP contribution in [-0.2, 0) is 4.79 Å². The van der Waals surface area contributed by atoms with Gasteiger partial charge in [0, 0.05) is 19.6 Å². The third-order valence-electron chi connectivity index (χ3n) is 3.08. The van der Waals surface area contributed by atoms with Crippen LogP contribution in [0.2, 0.25) is 5.28 Å². The first-order chi connectivity index (χ1) is 9.60. The van der Waals surface area contributed by atoms with Crippen LogP contribution in [0.1, 0.15) is 26.7 Å². The summed E-state index contributed by atoms with van der Waals surface area (Å²) < 4.78 is 0. The molecule has 0 bridgehead atoms. The zero-order chi connectivity index (χ0) is 14.5. The van der Waals surface area contributed by atoms with Gasteiger partial charge in [0.15, 0.2) is 0 Å². The molecule has 8 heteroatoms. The van der Waals surface area contributed by atoms with Crippen LogP contribution < -0.4 is 15.5 Å². The fourth-order valence-corrected chi connectivity index (χ4v) is 2.20. The van der Waals surface area contributed by atoms with E-state index in [1.165, 1.54) is 0 Å². The van der Waals surface area contributed by atoms with E-state index in [0.29, 0.717) is 18.4 Å². The number of hydrogen-bond acceptors (Lipinski definition) is 6. The van der Waals surface area contributed by atoms with Gasteiger partial charge in [0.1, 0.15) is 6.04 Å². The molecule has 1 atom stereocenters. The van der Waals surface area contributed by atoms with Crippen LogP contribution in [0.25, 0.3) is 0 Å². The second-order valence-electron chi connectivity index (χ2n) is 4.68. The molecule has 0 spiro atoms. The summed E-state index contributed by atoms with van der Waals surface area (Å²) in [6, 6.07) is -0.431. The highest BCUT2D eigenvalue weighted by molar-refractivity contribution is 6.28. The van der Waals surface area contributed by atoms with Crippen LogP contribution >= 0.6 is 11.6 Å². The largest absolute Gasteiger partial charge is 0.355 e. The summed E-state index contributed by atoms with van der Waals surface area (Å²) in [4.78, 5) is 26.2. The molecule has 1 saturated heterocycles. The number of rotatable bonds is 5. The Bertz CT molecular complexity index is 477. The molecule has 2 N–H and O–H groups in total. The predicted octanol–water partition coefficient (Wildman–Crippen LogP) is 1.06. The van der Waals surface area contributed by atoms with Gasteiger partial charge in [-0.05, 0) is 38.3 Å². The average molecular weight is 299 g/mol. The quantitative estimate of drug-likeness (QED) is 0.846.